The van der Waals surface area contributed by atoms with Gasteiger partial charge in [0.2, 0.25) is 5.91 Å². The zero-order valence-corrected chi connectivity index (χ0v) is 10.6. The fourth-order valence-electron chi connectivity index (χ4n) is 1.55. The molecule has 0 saturated heterocycles. The molecule has 0 bridgehead atoms. The van der Waals surface area contributed by atoms with Crippen molar-refractivity contribution in [3.63, 3.8) is 0 Å². The van der Waals surface area contributed by atoms with Crippen LogP contribution in [0.5, 0.6) is 0 Å². The summed E-state index contributed by atoms with van der Waals surface area (Å²) in [6, 6.07) is 7.76. The summed E-state index contributed by atoms with van der Waals surface area (Å²) in [6.45, 7) is 0. The van der Waals surface area contributed by atoms with Crippen molar-refractivity contribution in [1.82, 2.24) is 4.90 Å². The van der Waals surface area contributed by atoms with Crippen LogP contribution in [0.3, 0.4) is 0 Å². The highest BCUT2D eigenvalue weighted by atomic mass is 32.2. The van der Waals surface area contributed by atoms with Crippen LogP contribution in [0.1, 0.15) is 23.2 Å². The van der Waals surface area contributed by atoms with Gasteiger partial charge in [0.15, 0.2) is 0 Å². The van der Waals surface area contributed by atoms with E-state index >= 15 is 0 Å². The lowest BCUT2D eigenvalue weighted by Gasteiger charge is -2.15. The Balaban J connectivity index is 1.83. The quantitative estimate of drug-likeness (QED) is 0.593. The van der Waals surface area contributed by atoms with Crippen LogP contribution in [0.2, 0.25) is 0 Å². The Morgan fingerprint density at radius 1 is 1.41 bits per heavy atom. The minimum Gasteiger partial charge on any atom is -0.342 e. The van der Waals surface area contributed by atoms with E-state index in [0.717, 1.165) is 24.0 Å². The first-order valence-corrected chi connectivity index (χ1v) is 6.63. The third-order valence-corrected chi connectivity index (χ3v) is 3.86. The monoisotopic (exact) mass is 249 g/mol. The van der Waals surface area contributed by atoms with Gasteiger partial charge in [0.05, 0.1) is 5.75 Å². The van der Waals surface area contributed by atoms with E-state index in [-0.39, 0.29) is 5.91 Å². The number of carbonyl (C=O) groups excluding carboxylic acids is 2. The Bertz CT molecular complexity index is 412. The molecular weight excluding hydrogens is 234 g/mol. The summed E-state index contributed by atoms with van der Waals surface area (Å²) in [4.78, 5) is 25.1. The number of aldehydes is 1. The molecule has 2 rings (SSSR count). The second-order valence-electron chi connectivity index (χ2n) is 4.21. The van der Waals surface area contributed by atoms with E-state index in [0.29, 0.717) is 17.4 Å². The molecule has 17 heavy (non-hydrogen) atoms. The fraction of sp³-hybridized carbons (Fsp3) is 0.385. The predicted molar refractivity (Wildman–Crippen MR) is 68.3 cm³/mol. The molecule has 0 N–H and O–H groups in total. The number of nitrogens with zero attached hydrogens (tertiary/aromatic N) is 1. The third-order valence-electron chi connectivity index (χ3n) is 2.87. The molecule has 0 spiro atoms. The van der Waals surface area contributed by atoms with Crippen LogP contribution in [0.4, 0.5) is 0 Å². The van der Waals surface area contributed by atoms with Crippen LogP contribution < -0.4 is 0 Å². The number of carbonyl (C=O) groups is 2. The molecule has 0 aliphatic heterocycles. The average Bonchev–Trinajstić information content (AvgIpc) is 3.20. The van der Waals surface area contributed by atoms with Gasteiger partial charge >= 0.3 is 0 Å². The Morgan fingerprint density at radius 2 is 2.06 bits per heavy atom. The second-order valence-corrected chi connectivity index (χ2v) is 5.26. The lowest BCUT2D eigenvalue weighted by atomic mass is 10.2. The van der Waals surface area contributed by atoms with Gasteiger partial charge in [-0.05, 0) is 25.0 Å². The number of benzene rings is 1. The zero-order chi connectivity index (χ0) is 12.3. The van der Waals surface area contributed by atoms with Gasteiger partial charge in [-0.2, -0.15) is 0 Å². The van der Waals surface area contributed by atoms with Crippen LogP contribution >= 0.6 is 11.8 Å². The summed E-state index contributed by atoms with van der Waals surface area (Å²) in [5.74, 6) is 0.643. The van der Waals surface area contributed by atoms with E-state index in [4.69, 9.17) is 0 Å². The van der Waals surface area contributed by atoms with Crippen molar-refractivity contribution >= 4 is 24.0 Å². The smallest absolute Gasteiger partial charge is 0.232 e. The molecule has 1 aromatic rings. The van der Waals surface area contributed by atoms with Gasteiger partial charge in [0, 0.05) is 23.5 Å². The maximum Gasteiger partial charge on any atom is 0.232 e. The summed E-state index contributed by atoms with van der Waals surface area (Å²) in [7, 11) is 1.87. The summed E-state index contributed by atoms with van der Waals surface area (Å²) in [5.41, 5.74) is 0.663. The van der Waals surface area contributed by atoms with Crippen molar-refractivity contribution in [2.24, 2.45) is 0 Å². The van der Waals surface area contributed by atoms with Gasteiger partial charge in [0.25, 0.3) is 0 Å². The highest BCUT2D eigenvalue weighted by Gasteiger charge is 2.29. The van der Waals surface area contributed by atoms with Crippen molar-refractivity contribution in [3.8, 4) is 0 Å². The molecule has 0 radical (unpaired) electrons. The summed E-state index contributed by atoms with van der Waals surface area (Å²) >= 11 is 1.51. The topological polar surface area (TPSA) is 37.4 Å². The van der Waals surface area contributed by atoms with E-state index in [1.807, 2.05) is 24.1 Å². The Hall–Kier alpha value is -1.29. The zero-order valence-electron chi connectivity index (χ0n) is 9.76. The van der Waals surface area contributed by atoms with Crippen molar-refractivity contribution in [1.29, 1.82) is 0 Å². The first-order chi connectivity index (χ1) is 8.20. The SMILES string of the molecule is CN(C(=O)CSc1ccc(C=O)cc1)C1CC1. The first-order valence-electron chi connectivity index (χ1n) is 5.64. The summed E-state index contributed by atoms with van der Waals surface area (Å²) < 4.78 is 0. The van der Waals surface area contributed by atoms with Crippen LogP contribution in [-0.2, 0) is 4.79 Å². The van der Waals surface area contributed by atoms with E-state index in [9.17, 15) is 9.59 Å². The molecule has 1 fully saturated rings. The maximum absolute atomic E-state index is 11.8. The normalized spacial score (nSPS) is 14.4. The van der Waals surface area contributed by atoms with Gasteiger partial charge in [-0.3, -0.25) is 9.59 Å². The lowest BCUT2D eigenvalue weighted by Crippen LogP contribution is -2.30. The van der Waals surface area contributed by atoms with Gasteiger partial charge < -0.3 is 4.90 Å². The molecule has 90 valence electrons. The van der Waals surface area contributed by atoms with Gasteiger partial charge in [-0.15, -0.1) is 11.8 Å². The number of hydrogen-bond acceptors (Lipinski definition) is 3. The molecule has 0 unspecified atom stereocenters. The van der Waals surface area contributed by atoms with Crippen LogP contribution in [0.25, 0.3) is 0 Å². The second kappa shape index (κ2) is 5.36. The number of thioether (sulfide) groups is 1. The Labute approximate surface area is 105 Å². The van der Waals surface area contributed by atoms with Crippen LogP contribution in [0, 0.1) is 0 Å². The van der Waals surface area contributed by atoms with E-state index in [2.05, 4.69) is 0 Å². The minimum absolute atomic E-state index is 0.178. The summed E-state index contributed by atoms with van der Waals surface area (Å²) in [6.07, 6.45) is 3.10. The van der Waals surface area contributed by atoms with E-state index < -0.39 is 0 Å². The largest absolute Gasteiger partial charge is 0.342 e. The molecular formula is C13H15NO2S. The van der Waals surface area contributed by atoms with Crippen LogP contribution in [0.15, 0.2) is 29.2 Å². The number of hydrogen-bond donors (Lipinski definition) is 0. The van der Waals surface area contributed by atoms with Gasteiger partial charge in [-0.1, -0.05) is 12.1 Å². The standard InChI is InChI=1S/C13H15NO2S/c1-14(11-4-5-11)13(16)9-17-12-6-2-10(8-15)3-7-12/h2-3,6-8,11H,4-5,9H2,1H3. The lowest BCUT2D eigenvalue weighted by molar-refractivity contribution is -0.127. The molecule has 3 nitrogen and oxygen atoms in total. The summed E-state index contributed by atoms with van der Waals surface area (Å²) in [5, 5.41) is 0. The van der Waals surface area contributed by atoms with Gasteiger partial charge in [-0.25, -0.2) is 0 Å². The molecule has 4 heteroatoms. The van der Waals surface area contributed by atoms with E-state index in [1.54, 1.807) is 12.1 Å². The molecule has 1 amide bonds. The van der Waals surface area contributed by atoms with E-state index in [1.165, 1.54) is 11.8 Å². The highest BCUT2D eigenvalue weighted by Crippen LogP contribution is 2.26. The first kappa shape index (κ1) is 12.2. The molecule has 0 heterocycles. The van der Waals surface area contributed by atoms with Crippen molar-refractivity contribution in [2.45, 2.75) is 23.8 Å². The average molecular weight is 249 g/mol. The Morgan fingerprint density at radius 3 is 2.59 bits per heavy atom. The van der Waals surface area contributed by atoms with Crippen LogP contribution in [-0.4, -0.2) is 35.9 Å². The van der Waals surface area contributed by atoms with Gasteiger partial charge in [0.1, 0.15) is 6.29 Å². The molecule has 1 aliphatic carbocycles. The maximum atomic E-state index is 11.8. The number of rotatable bonds is 5. The molecule has 1 aliphatic rings. The molecule has 0 aromatic heterocycles. The highest BCUT2D eigenvalue weighted by molar-refractivity contribution is 8.00. The molecule has 1 aromatic carbocycles. The van der Waals surface area contributed by atoms with Crippen molar-refractivity contribution < 1.29 is 9.59 Å². The van der Waals surface area contributed by atoms with Crippen molar-refractivity contribution in [3.05, 3.63) is 29.8 Å². The minimum atomic E-state index is 0.178. The predicted octanol–water partition coefficient (Wildman–Crippen LogP) is 2.21. The number of amides is 1. The fourth-order valence-corrected chi connectivity index (χ4v) is 2.38. The molecule has 0 atom stereocenters. The van der Waals surface area contributed by atoms with Crippen molar-refractivity contribution in [2.75, 3.05) is 12.8 Å². The third kappa shape index (κ3) is 3.33. The Kier molecular flexibility index (Phi) is 3.84. The molecule has 1 saturated carbocycles.